The molecule has 1 N–H and O–H groups in total. The van der Waals surface area contributed by atoms with Crippen molar-refractivity contribution in [2.24, 2.45) is 7.05 Å². The summed E-state index contributed by atoms with van der Waals surface area (Å²) in [5.41, 5.74) is -8.90. The van der Waals surface area contributed by atoms with Crippen LogP contribution in [0.3, 0.4) is 0 Å². The van der Waals surface area contributed by atoms with Gasteiger partial charge in [0.15, 0.2) is 12.3 Å². The zero-order chi connectivity index (χ0) is 42.9. The second-order valence-electron chi connectivity index (χ2n) is 14.2. The third-order valence-electron chi connectivity index (χ3n) is 7.53. The lowest BCUT2D eigenvalue weighted by Crippen LogP contribution is -2.55. The van der Waals surface area contributed by atoms with Gasteiger partial charge in [-0.3, -0.25) is 9.59 Å². The molecule has 2 rings (SSSR count). The van der Waals surface area contributed by atoms with Crippen molar-refractivity contribution in [2.45, 2.75) is 130 Å². The lowest BCUT2D eigenvalue weighted by molar-refractivity contribution is -0.188. The number of carbonyl (C=O) groups is 2. The summed E-state index contributed by atoms with van der Waals surface area (Å²) in [5.74, 6) is -2.70. The first-order chi connectivity index (χ1) is 25.8. The lowest BCUT2D eigenvalue weighted by atomic mass is 10.1. The topological polar surface area (TPSA) is 223 Å². The van der Waals surface area contributed by atoms with Crippen LogP contribution in [0.1, 0.15) is 54.4 Å². The first kappa shape index (κ1) is 47.4. The molecule has 0 saturated heterocycles. The molecule has 24 heteroatoms. The molecule has 0 radical (unpaired) electrons. The Labute approximate surface area is 314 Å². The van der Waals surface area contributed by atoms with Crippen LogP contribution in [0.15, 0.2) is 28.8 Å². The molecule has 2 aromatic rings. The van der Waals surface area contributed by atoms with E-state index in [1.54, 1.807) is 20.8 Å². The summed E-state index contributed by atoms with van der Waals surface area (Å²) in [7, 11) is 0.936. The quantitative estimate of drug-likeness (QED) is 0.125. The molecule has 19 nitrogen and oxygen atoms in total. The molecule has 2 aromatic heterocycles. The van der Waals surface area contributed by atoms with Gasteiger partial charge in [-0.25, -0.2) is 73.7 Å². The van der Waals surface area contributed by atoms with E-state index in [0.29, 0.717) is 27.4 Å². The number of aromatic nitrogens is 6. The van der Waals surface area contributed by atoms with E-state index in [1.807, 2.05) is 0 Å². The molecule has 318 valence electrons. The van der Waals surface area contributed by atoms with Gasteiger partial charge in [0.05, 0.1) is 56.9 Å². The Bertz CT molecular complexity index is 2040. The van der Waals surface area contributed by atoms with Crippen molar-refractivity contribution in [2.75, 3.05) is 19.8 Å². The van der Waals surface area contributed by atoms with Gasteiger partial charge in [-0.2, -0.15) is 4.39 Å². The number of esters is 2. The zero-order valence-corrected chi connectivity index (χ0v) is 31.9. The molecular formula is C32H47F5N6O13. The minimum Gasteiger partial charge on any atom is -0.464 e. The fourth-order valence-corrected chi connectivity index (χ4v) is 4.78. The molecule has 0 aliphatic carbocycles. The van der Waals surface area contributed by atoms with E-state index in [-0.39, 0.29) is 13.2 Å². The van der Waals surface area contributed by atoms with Crippen LogP contribution in [0.2, 0.25) is 0 Å². The normalized spacial score (nSPS) is 14.9. The van der Waals surface area contributed by atoms with Crippen LogP contribution in [0.4, 0.5) is 22.0 Å². The summed E-state index contributed by atoms with van der Waals surface area (Å²) in [5, 5.41) is 9.33. The van der Waals surface area contributed by atoms with Gasteiger partial charge in [0, 0.05) is 20.1 Å². The third-order valence-corrected chi connectivity index (χ3v) is 7.53. The van der Waals surface area contributed by atoms with Crippen LogP contribution in [-0.4, -0.2) is 107 Å². The van der Waals surface area contributed by atoms with E-state index in [4.69, 9.17) is 9.47 Å². The highest BCUT2D eigenvalue weighted by atomic mass is 19.2. The predicted octanol–water partition coefficient (Wildman–Crippen LogP) is -1.01. The summed E-state index contributed by atoms with van der Waals surface area (Å²) >= 11 is 0. The molecule has 0 saturated carbocycles. The summed E-state index contributed by atoms with van der Waals surface area (Å²) in [6, 6.07) is 0. The number of alkyl halides is 5. The number of carbonyl (C=O) groups excluding carboxylic acids is 2. The summed E-state index contributed by atoms with van der Waals surface area (Å²) in [6.07, 6.45) is -18.4. The van der Waals surface area contributed by atoms with Crippen molar-refractivity contribution in [3.05, 3.63) is 62.9 Å². The van der Waals surface area contributed by atoms with Crippen LogP contribution < -0.4 is 34.1 Å². The standard InChI is InChI=1S/C32H47F5N6O13/c1-31(2,3)54-17-14-43-29(51)41(12-15-44)28(50)42(30(43)52)13-16-53-18(45)8-10-39-25(47)38(7)26(48)40(27(39)49)11-9-19(46)55-23(36)21(34)20(33)22(35)24(37)56-32(4,5)6/h20-24,44H,8-17H2,1-7H3. The van der Waals surface area contributed by atoms with Gasteiger partial charge in [-0.15, -0.1) is 0 Å². The summed E-state index contributed by atoms with van der Waals surface area (Å²) in [4.78, 5) is 102. The fourth-order valence-electron chi connectivity index (χ4n) is 4.78. The van der Waals surface area contributed by atoms with Gasteiger partial charge in [0.25, 0.3) is 6.36 Å². The van der Waals surface area contributed by atoms with E-state index in [2.05, 4.69) is 9.47 Å². The average molecular weight is 819 g/mol. The molecule has 5 atom stereocenters. The van der Waals surface area contributed by atoms with Crippen molar-refractivity contribution in [3.63, 3.8) is 0 Å². The molecule has 2 heterocycles. The van der Waals surface area contributed by atoms with Gasteiger partial charge >= 0.3 is 46.1 Å². The SMILES string of the molecule is Cn1c(=O)n(CCC(=O)OCCn2c(=O)n(CCO)c(=O)n(CCOC(C)(C)C)c2=O)c(=O)n(CCC(=O)OC(F)C(F)C(F)C(F)C(F)OC(C)(C)C)c1=O. The number of hydrogen-bond donors (Lipinski definition) is 1. The van der Waals surface area contributed by atoms with Crippen LogP contribution in [0.25, 0.3) is 0 Å². The minimum atomic E-state index is -3.49. The third kappa shape index (κ3) is 12.9. The van der Waals surface area contributed by atoms with E-state index in [9.17, 15) is 65.4 Å². The molecule has 0 spiro atoms. The molecule has 0 aromatic carbocycles. The predicted molar refractivity (Wildman–Crippen MR) is 184 cm³/mol. The molecule has 0 aliphatic heterocycles. The first-order valence-electron chi connectivity index (χ1n) is 17.2. The Morgan fingerprint density at radius 2 is 0.982 bits per heavy atom. The first-order valence-corrected chi connectivity index (χ1v) is 17.2. The molecule has 0 aliphatic rings. The van der Waals surface area contributed by atoms with E-state index in [1.165, 1.54) is 20.8 Å². The summed E-state index contributed by atoms with van der Waals surface area (Å²) in [6.45, 7) is 4.93. The minimum absolute atomic E-state index is 0.0841. The Balaban J connectivity index is 2.11. The highest BCUT2D eigenvalue weighted by Gasteiger charge is 2.43. The van der Waals surface area contributed by atoms with Crippen molar-refractivity contribution < 1.29 is 55.6 Å². The van der Waals surface area contributed by atoms with Crippen molar-refractivity contribution in [1.29, 1.82) is 0 Å². The molecule has 56 heavy (non-hydrogen) atoms. The zero-order valence-electron chi connectivity index (χ0n) is 31.9. The van der Waals surface area contributed by atoms with Crippen LogP contribution in [-0.2, 0) is 68.3 Å². The molecule has 0 bridgehead atoms. The largest absolute Gasteiger partial charge is 0.464 e. The van der Waals surface area contributed by atoms with E-state index in [0.717, 1.165) is 7.05 Å². The Hall–Kier alpha value is -4.71. The van der Waals surface area contributed by atoms with Gasteiger partial charge in [-0.05, 0) is 41.5 Å². The maximum atomic E-state index is 14.2. The molecule has 5 unspecified atom stereocenters. The Morgan fingerprint density at radius 1 is 0.571 bits per heavy atom. The number of hydrogen-bond acceptors (Lipinski definition) is 13. The lowest BCUT2D eigenvalue weighted by Gasteiger charge is -2.27. The molecule has 0 fully saturated rings. The van der Waals surface area contributed by atoms with Crippen LogP contribution in [0.5, 0.6) is 0 Å². The van der Waals surface area contributed by atoms with Crippen molar-refractivity contribution in [3.8, 4) is 0 Å². The number of ether oxygens (including phenoxy) is 4. The number of rotatable bonds is 20. The van der Waals surface area contributed by atoms with Crippen LogP contribution in [0, 0.1) is 0 Å². The van der Waals surface area contributed by atoms with Crippen molar-refractivity contribution in [1.82, 2.24) is 27.4 Å². The van der Waals surface area contributed by atoms with Gasteiger partial charge in [-0.1, -0.05) is 0 Å². The van der Waals surface area contributed by atoms with Crippen LogP contribution >= 0.6 is 0 Å². The number of halogens is 5. The highest BCUT2D eigenvalue weighted by Crippen LogP contribution is 2.25. The number of aliphatic hydroxyl groups excluding tert-OH is 1. The second-order valence-corrected chi connectivity index (χ2v) is 14.2. The monoisotopic (exact) mass is 818 g/mol. The number of aliphatic hydroxyl groups is 1. The smallest absolute Gasteiger partial charge is 0.336 e. The average Bonchev–Trinajstić information content (AvgIpc) is 3.09. The maximum Gasteiger partial charge on any atom is 0.336 e. The van der Waals surface area contributed by atoms with Gasteiger partial charge < -0.3 is 24.1 Å². The molecule has 0 amide bonds. The highest BCUT2D eigenvalue weighted by molar-refractivity contribution is 5.69. The Morgan fingerprint density at radius 3 is 1.43 bits per heavy atom. The second kappa shape index (κ2) is 19.9. The fraction of sp³-hybridized carbons (Fsp3) is 0.750. The van der Waals surface area contributed by atoms with E-state index >= 15 is 0 Å². The maximum absolute atomic E-state index is 14.2. The van der Waals surface area contributed by atoms with Gasteiger partial charge in [0.1, 0.15) is 6.61 Å². The van der Waals surface area contributed by atoms with Gasteiger partial charge in [0.2, 0.25) is 12.5 Å². The van der Waals surface area contributed by atoms with E-state index < -0.39 is 141 Å². The number of nitrogens with zero attached hydrogens (tertiary/aromatic N) is 6. The summed E-state index contributed by atoms with van der Waals surface area (Å²) < 4.78 is 92.7. The molecular weight excluding hydrogens is 771 g/mol. The van der Waals surface area contributed by atoms with Crippen molar-refractivity contribution >= 4 is 11.9 Å². The Kier molecular flexibility index (Phi) is 16.9.